The van der Waals surface area contributed by atoms with E-state index in [1.54, 1.807) is 0 Å². The molecule has 2 aliphatic heterocycles. The molecule has 5 heteroatoms. The molecule has 1 N–H and O–H groups in total. The van der Waals surface area contributed by atoms with Gasteiger partial charge in [0.05, 0.1) is 0 Å². The van der Waals surface area contributed by atoms with Gasteiger partial charge in [-0.2, -0.15) is 4.48 Å². The van der Waals surface area contributed by atoms with Gasteiger partial charge in [-0.3, -0.25) is 0 Å². The maximum atomic E-state index is 12.8. The number of rotatable bonds is 1. The molecule has 0 saturated heterocycles. The van der Waals surface area contributed by atoms with E-state index in [4.69, 9.17) is 9.47 Å². The molecule has 0 radical (unpaired) electrons. The number of para-hydroxylation sites is 6. The largest absolute Gasteiger partial charge is 0.507 e. The van der Waals surface area contributed by atoms with Gasteiger partial charge in [0.15, 0.2) is 45.7 Å². The van der Waals surface area contributed by atoms with Crippen LogP contribution in [0.15, 0.2) is 231 Å². The lowest BCUT2D eigenvalue weighted by molar-refractivity contribution is 0.409. The highest BCUT2D eigenvalue weighted by molar-refractivity contribution is 14.1. The smallest absolute Gasteiger partial charge is 0.198 e. The molecular weight excluding hydrogens is 982 g/mol. The van der Waals surface area contributed by atoms with Crippen molar-refractivity contribution in [1.29, 1.82) is 0 Å². The Morgan fingerprint density at radius 3 is 1.00 bits per heavy atom. The number of quaternary nitrogens is 1. The van der Waals surface area contributed by atoms with Crippen LogP contribution in [0, 0.1) is 3.57 Å². The van der Waals surface area contributed by atoms with Gasteiger partial charge in [-0.25, -0.2) is 0 Å². The van der Waals surface area contributed by atoms with Crippen LogP contribution in [-0.4, -0.2) is 5.11 Å². The van der Waals surface area contributed by atoms with Crippen molar-refractivity contribution in [2.24, 2.45) is 0 Å². The van der Waals surface area contributed by atoms with Crippen LogP contribution in [0.2, 0.25) is 0 Å². The van der Waals surface area contributed by atoms with Gasteiger partial charge < -0.3 is 14.6 Å². The molecule has 1 spiro atoms. The maximum absolute atomic E-state index is 12.8. The van der Waals surface area contributed by atoms with Crippen molar-refractivity contribution in [2.75, 3.05) is 0 Å². The molecule has 2 heterocycles. The van der Waals surface area contributed by atoms with Crippen LogP contribution in [0.3, 0.4) is 0 Å². The van der Waals surface area contributed by atoms with Gasteiger partial charge in [0, 0.05) is 39.0 Å². The van der Waals surface area contributed by atoms with E-state index in [1.807, 2.05) is 42.5 Å². The second-order valence-electron chi connectivity index (χ2n) is 18.6. The fraction of sp³-hybridized carbons (Fsp3) is 0. The molecule has 15 rings (SSSR count). The molecular formula is C66H39INO3+. The molecule has 0 bridgehead atoms. The lowest BCUT2D eigenvalue weighted by Gasteiger charge is -2.44. The average molecular weight is 1020 g/mol. The van der Waals surface area contributed by atoms with Crippen LogP contribution < -0.4 is 14.0 Å². The third-order valence-electron chi connectivity index (χ3n) is 15.1. The van der Waals surface area contributed by atoms with Gasteiger partial charge in [-0.1, -0.05) is 158 Å². The lowest BCUT2D eigenvalue weighted by atomic mass is 9.89. The summed E-state index contributed by atoms with van der Waals surface area (Å²) >= 11 is 2.42. The van der Waals surface area contributed by atoms with E-state index in [9.17, 15) is 5.11 Å². The second-order valence-corrected chi connectivity index (χ2v) is 19.8. The Balaban J connectivity index is 1.09. The number of fused-ring (bicyclic) bond motifs is 24. The zero-order chi connectivity index (χ0) is 47.0. The number of ether oxygens (including phenoxy) is 2. The molecule has 0 aliphatic carbocycles. The van der Waals surface area contributed by atoms with Crippen molar-refractivity contribution in [3.05, 3.63) is 234 Å². The van der Waals surface area contributed by atoms with Gasteiger partial charge >= 0.3 is 0 Å². The Kier molecular flexibility index (Phi) is 8.68. The number of hydrogen-bond donors (Lipinski definition) is 1. The first-order valence-corrected chi connectivity index (χ1v) is 25.0. The zero-order valence-electron chi connectivity index (χ0n) is 38.0. The van der Waals surface area contributed by atoms with E-state index < -0.39 is 0 Å². The molecule has 0 unspecified atom stereocenters. The van der Waals surface area contributed by atoms with E-state index >= 15 is 0 Å². The van der Waals surface area contributed by atoms with E-state index in [1.165, 1.54) is 43.1 Å². The number of phenols is 1. The summed E-state index contributed by atoms with van der Waals surface area (Å²) in [5, 5.41) is 31.0. The van der Waals surface area contributed by atoms with Crippen molar-refractivity contribution >= 4 is 132 Å². The van der Waals surface area contributed by atoms with Gasteiger partial charge in [0.1, 0.15) is 5.75 Å². The minimum atomic E-state index is 0.169. The molecule has 0 saturated carbocycles. The molecule has 0 aromatic heterocycles. The predicted molar refractivity (Wildman–Crippen MR) is 304 cm³/mol. The van der Waals surface area contributed by atoms with Crippen molar-refractivity contribution < 1.29 is 14.6 Å². The molecule has 71 heavy (non-hydrogen) atoms. The minimum absolute atomic E-state index is 0.169. The predicted octanol–water partition coefficient (Wildman–Crippen LogP) is 19.5. The van der Waals surface area contributed by atoms with Crippen LogP contribution in [0.25, 0.3) is 97.3 Å². The van der Waals surface area contributed by atoms with Crippen molar-refractivity contribution in [1.82, 2.24) is 4.48 Å². The summed E-state index contributed by atoms with van der Waals surface area (Å²) in [6.07, 6.45) is 0. The Bertz CT molecular complexity index is 4520. The SMILES string of the molecule is Oc1cc2c3ccccc3c3cc4c5ccccc5c5ccccc5c5ccccc5c4cc3c3ccccc3c2cc1-c1c(I)ccc2c1Oc1ccccc1[N+]21c2ccccc2Oc2ccccc21. The molecule has 332 valence electrons. The van der Waals surface area contributed by atoms with Crippen LogP contribution in [-0.2, 0) is 0 Å². The first-order valence-electron chi connectivity index (χ1n) is 24.0. The average Bonchev–Trinajstić information content (AvgIpc) is 3.42. The minimum Gasteiger partial charge on any atom is -0.507 e. The molecule has 0 fully saturated rings. The quantitative estimate of drug-likeness (QED) is 0.132. The molecule has 0 atom stereocenters. The van der Waals surface area contributed by atoms with E-state index in [2.05, 4.69) is 211 Å². The van der Waals surface area contributed by atoms with Gasteiger partial charge in [-0.15, -0.1) is 0 Å². The number of phenolic OH excluding ortho intramolecular Hbond substituents is 1. The summed E-state index contributed by atoms with van der Waals surface area (Å²) in [7, 11) is 0. The second kappa shape index (κ2) is 15.3. The summed E-state index contributed by atoms with van der Waals surface area (Å²) in [5.41, 5.74) is 5.37. The summed E-state index contributed by atoms with van der Waals surface area (Å²) < 4.78 is 15.1. The first kappa shape index (κ1) is 40.4. The summed E-state index contributed by atoms with van der Waals surface area (Å²) in [4.78, 5) is 0. The van der Waals surface area contributed by atoms with Crippen molar-refractivity contribution in [2.45, 2.75) is 0 Å². The summed E-state index contributed by atoms with van der Waals surface area (Å²) in [6.45, 7) is 0. The highest BCUT2D eigenvalue weighted by atomic mass is 127. The monoisotopic (exact) mass is 1020 g/mol. The number of aromatic hydroxyl groups is 1. The van der Waals surface area contributed by atoms with E-state index in [0.29, 0.717) is 11.3 Å². The van der Waals surface area contributed by atoms with Crippen molar-refractivity contribution in [3.63, 3.8) is 0 Å². The van der Waals surface area contributed by atoms with Gasteiger partial charge in [0.25, 0.3) is 0 Å². The Morgan fingerprint density at radius 2 is 0.606 bits per heavy atom. The highest BCUT2D eigenvalue weighted by Gasteiger charge is 2.53. The highest BCUT2D eigenvalue weighted by Crippen LogP contribution is 2.68. The number of hydrogen-bond acceptors (Lipinski definition) is 3. The fourth-order valence-electron chi connectivity index (χ4n) is 12.1. The first-order chi connectivity index (χ1) is 35.1. The molecule has 0 amide bonds. The molecule has 4 nitrogen and oxygen atoms in total. The Labute approximate surface area is 421 Å². The normalized spacial score (nSPS) is 13.3. The zero-order valence-corrected chi connectivity index (χ0v) is 40.2. The topological polar surface area (TPSA) is 38.7 Å². The third kappa shape index (κ3) is 5.64. The standard InChI is InChI=1S/C66H38INO3/c67-56-33-34-60-66(71-64-32-16-13-29-59(64)68(60)57-27-11-14-30-62(57)70-63-31-15-12-28-58(63)68)65(56)55-37-53-46-24-8-7-23-45(46)51-35-49-43-21-5-3-19-41(43)39-17-1-2-18-40(39)42-20-4-6-22-44(42)50(49)36-52(51)47-25-9-10-26-48(47)54(53)38-61(55)69/h1-38H/p+1. The molecule has 13 aromatic carbocycles. The van der Waals surface area contributed by atoms with E-state index in [0.717, 1.165) is 92.2 Å². The molecule has 2 aliphatic rings. The Hall–Kier alpha value is -8.49. The number of benzene rings is 11. The van der Waals surface area contributed by atoms with Crippen LogP contribution >= 0.6 is 22.6 Å². The van der Waals surface area contributed by atoms with Gasteiger partial charge in [0.2, 0.25) is 0 Å². The van der Waals surface area contributed by atoms with Crippen LogP contribution in [0.1, 0.15) is 0 Å². The third-order valence-corrected chi connectivity index (χ3v) is 16.0. The summed E-state index contributed by atoms with van der Waals surface area (Å²) in [6, 6.07) is 82.3. The van der Waals surface area contributed by atoms with Crippen LogP contribution in [0.4, 0.5) is 22.7 Å². The number of nitrogens with zero attached hydrogens (tertiary/aromatic N) is 1. The fourth-order valence-corrected chi connectivity index (χ4v) is 12.8. The summed E-state index contributed by atoms with van der Waals surface area (Å²) in [5.74, 6) is 3.14. The van der Waals surface area contributed by atoms with E-state index in [-0.39, 0.29) is 10.2 Å². The number of halogens is 1. The van der Waals surface area contributed by atoms with Gasteiger partial charge in [-0.05, 0) is 157 Å². The van der Waals surface area contributed by atoms with Crippen molar-refractivity contribution in [3.8, 4) is 39.9 Å². The Morgan fingerprint density at radius 1 is 0.296 bits per heavy atom. The maximum Gasteiger partial charge on any atom is 0.198 e. The molecule has 13 aromatic rings. The lowest BCUT2D eigenvalue weighted by Crippen LogP contribution is -2.38. The van der Waals surface area contributed by atoms with Crippen LogP contribution in [0.5, 0.6) is 28.7 Å².